The number of aldehydes is 1. The van der Waals surface area contributed by atoms with E-state index in [0.717, 1.165) is 6.29 Å². The molecule has 0 unspecified atom stereocenters. The number of hydrogen-bond donors (Lipinski definition) is 2. The van der Waals surface area contributed by atoms with E-state index < -0.39 is 6.09 Å². The Morgan fingerprint density at radius 2 is 1.89 bits per heavy atom. The number of nitrogens with one attached hydrogen (secondary N) is 2. The highest BCUT2D eigenvalue weighted by Crippen LogP contribution is 2.21. The minimum absolute atomic E-state index is 0.108. The van der Waals surface area contributed by atoms with Crippen molar-refractivity contribution < 1.29 is 19.1 Å². The standard InChI is InChI=1S/C19H18N4O4/c1-12(2)26-19(25)22-18-21-15-5-3-4-6-16(15)23(18)17(20)27-14-9-7-13(11-24)8-10-14/h3-12,20H,1-2H3,(H,21,22,25). The second-order valence-electron chi connectivity index (χ2n) is 5.93. The number of carbonyl (C=O) groups is 2. The molecular formula is C19H18N4O4. The first-order valence-corrected chi connectivity index (χ1v) is 8.25. The molecule has 1 heterocycles. The van der Waals surface area contributed by atoms with Crippen molar-refractivity contribution in [3.05, 3.63) is 54.1 Å². The smallest absolute Gasteiger partial charge is 0.414 e. The van der Waals surface area contributed by atoms with E-state index in [0.29, 0.717) is 22.3 Å². The summed E-state index contributed by atoms with van der Waals surface area (Å²) in [5.41, 5.74) is 1.68. The van der Waals surface area contributed by atoms with Gasteiger partial charge in [-0.25, -0.2) is 14.3 Å². The molecule has 27 heavy (non-hydrogen) atoms. The number of hydrogen-bond acceptors (Lipinski definition) is 6. The summed E-state index contributed by atoms with van der Waals surface area (Å²) in [6.07, 6.45) is -0.250. The van der Waals surface area contributed by atoms with Gasteiger partial charge in [0.1, 0.15) is 12.0 Å². The van der Waals surface area contributed by atoms with Gasteiger partial charge in [0.15, 0.2) is 0 Å². The van der Waals surface area contributed by atoms with Crippen LogP contribution in [0.1, 0.15) is 24.2 Å². The van der Waals surface area contributed by atoms with Crippen molar-refractivity contribution in [3.63, 3.8) is 0 Å². The molecule has 0 bridgehead atoms. The fraction of sp³-hybridized carbons (Fsp3) is 0.158. The number of imidazole rings is 1. The van der Waals surface area contributed by atoms with Crippen molar-refractivity contribution in [2.75, 3.05) is 5.32 Å². The Morgan fingerprint density at radius 1 is 1.19 bits per heavy atom. The van der Waals surface area contributed by atoms with Gasteiger partial charge >= 0.3 is 12.1 Å². The summed E-state index contributed by atoms with van der Waals surface area (Å²) >= 11 is 0. The third kappa shape index (κ3) is 4.12. The zero-order valence-corrected chi connectivity index (χ0v) is 14.8. The fourth-order valence-electron chi connectivity index (χ4n) is 2.42. The topological polar surface area (TPSA) is 106 Å². The molecule has 3 rings (SSSR count). The fourth-order valence-corrected chi connectivity index (χ4v) is 2.42. The van der Waals surface area contributed by atoms with Gasteiger partial charge in [-0.05, 0) is 50.2 Å². The molecule has 138 valence electrons. The number of benzene rings is 2. The molecular weight excluding hydrogens is 348 g/mol. The molecule has 0 saturated heterocycles. The Hall–Kier alpha value is -3.68. The highest BCUT2D eigenvalue weighted by Gasteiger charge is 2.19. The number of aromatic nitrogens is 2. The van der Waals surface area contributed by atoms with E-state index in [2.05, 4.69) is 10.3 Å². The third-order valence-corrected chi connectivity index (χ3v) is 3.55. The first-order chi connectivity index (χ1) is 13.0. The molecule has 0 saturated carbocycles. The van der Waals surface area contributed by atoms with Crippen LogP contribution in [-0.4, -0.2) is 34.1 Å². The van der Waals surface area contributed by atoms with Crippen molar-refractivity contribution in [3.8, 4) is 5.75 Å². The average molecular weight is 366 g/mol. The van der Waals surface area contributed by atoms with E-state index in [-0.39, 0.29) is 18.1 Å². The van der Waals surface area contributed by atoms with E-state index in [1.165, 1.54) is 4.57 Å². The van der Waals surface area contributed by atoms with E-state index in [1.54, 1.807) is 62.4 Å². The molecule has 1 amide bonds. The number of para-hydroxylation sites is 2. The lowest BCUT2D eigenvalue weighted by Crippen LogP contribution is -2.24. The zero-order valence-electron chi connectivity index (χ0n) is 14.8. The van der Waals surface area contributed by atoms with Gasteiger partial charge in [0, 0.05) is 5.56 Å². The Kier molecular flexibility index (Phi) is 5.16. The maximum atomic E-state index is 12.0. The zero-order chi connectivity index (χ0) is 19.4. The second-order valence-corrected chi connectivity index (χ2v) is 5.93. The van der Waals surface area contributed by atoms with Crippen LogP contribution in [0.3, 0.4) is 0 Å². The van der Waals surface area contributed by atoms with Crippen LogP contribution < -0.4 is 10.1 Å². The van der Waals surface area contributed by atoms with Gasteiger partial charge in [-0.3, -0.25) is 15.5 Å². The van der Waals surface area contributed by atoms with Crippen LogP contribution in [0, 0.1) is 5.41 Å². The minimum Gasteiger partial charge on any atom is -0.447 e. The first kappa shape index (κ1) is 18.1. The predicted octanol–water partition coefficient (Wildman–Crippen LogP) is 3.67. The summed E-state index contributed by atoms with van der Waals surface area (Å²) in [7, 11) is 0. The summed E-state index contributed by atoms with van der Waals surface area (Å²) in [5, 5.41) is 10.9. The molecule has 0 aliphatic carbocycles. The number of nitrogens with zero attached hydrogens (tertiary/aromatic N) is 2. The molecule has 8 heteroatoms. The molecule has 0 spiro atoms. The van der Waals surface area contributed by atoms with Crippen molar-refractivity contribution >= 4 is 35.4 Å². The predicted molar refractivity (Wildman–Crippen MR) is 101 cm³/mol. The van der Waals surface area contributed by atoms with Crippen molar-refractivity contribution in [1.29, 1.82) is 5.41 Å². The third-order valence-electron chi connectivity index (χ3n) is 3.55. The van der Waals surface area contributed by atoms with Crippen LogP contribution in [0.5, 0.6) is 5.75 Å². The van der Waals surface area contributed by atoms with Crippen LogP contribution in [0.25, 0.3) is 11.0 Å². The normalized spacial score (nSPS) is 10.6. The molecule has 1 aromatic heterocycles. The molecule has 0 aliphatic heterocycles. The Labute approximate surface area is 155 Å². The van der Waals surface area contributed by atoms with Gasteiger partial charge in [0.2, 0.25) is 5.95 Å². The minimum atomic E-state index is -0.676. The lowest BCUT2D eigenvalue weighted by molar-refractivity contribution is 0.112. The molecule has 8 nitrogen and oxygen atoms in total. The average Bonchev–Trinajstić information content (AvgIpc) is 2.99. The molecule has 0 fully saturated rings. The Morgan fingerprint density at radius 3 is 2.56 bits per heavy atom. The van der Waals surface area contributed by atoms with Crippen molar-refractivity contribution in [2.45, 2.75) is 20.0 Å². The number of rotatable bonds is 4. The van der Waals surface area contributed by atoms with Crippen molar-refractivity contribution in [1.82, 2.24) is 9.55 Å². The monoisotopic (exact) mass is 366 g/mol. The van der Waals surface area contributed by atoms with Crippen LogP contribution in [0.2, 0.25) is 0 Å². The van der Waals surface area contributed by atoms with Gasteiger partial charge in [-0.15, -0.1) is 0 Å². The van der Waals surface area contributed by atoms with Gasteiger partial charge < -0.3 is 9.47 Å². The van der Waals surface area contributed by atoms with Crippen molar-refractivity contribution in [2.24, 2.45) is 0 Å². The number of carbonyl (C=O) groups excluding carboxylic acids is 2. The van der Waals surface area contributed by atoms with E-state index in [4.69, 9.17) is 14.9 Å². The van der Waals surface area contributed by atoms with Gasteiger partial charge in [0.25, 0.3) is 0 Å². The SMILES string of the molecule is CC(C)OC(=O)Nc1nc2ccccc2n1C(=N)Oc1ccc(C=O)cc1. The Bertz CT molecular complexity index is 993. The first-order valence-electron chi connectivity index (χ1n) is 8.25. The van der Waals surface area contributed by atoms with Crippen LogP contribution in [0.4, 0.5) is 10.7 Å². The number of anilines is 1. The number of ether oxygens (including phenoxy) is 2. The molecule has 2 N–H and O–H groups in total. The summed E-state index contributed by atoms with van der Waals surface area (Å²) in [5.74, 6) is 0.482. The van der Waals surface area contributed by atoms with E-state index in [9.17, 15) is 9.59 Å². The van der Waals surface area contributed by atoms with E-state index in [1.807, 2.05) is 0 Å². The highest BCUT2D eigenvalue weighted by molar-refractivity contribution is 5.95. The number of fused-ring (bicyclic) bond motifs is 1. The highest BCUT2D eigenvalue weighted by atomic mass is 16.6. The largest absolute Gasteiger partial charge is 0.447 e. The summed E-state index contributed by atoms with van der Waals surface area (Å²) in [6, 6.07) is 13.2. The quantitative estimate of drug-likeness (QED) is 0.416. The van der Waals surface area contributed by atoms with Crippen LogP contribution in [0.15, 0.2) is 48.5 Å². The molecule has 3 aromatic rings. The second kappa shape index (κ2) is 7.69. The van der Waals surface area contributed by atoms with Gasteiger partial charge in [-0.2, -0.15) is 0 Å². The summed E-state index contributed by atoms with van der Waals surface area (Å²) in [6.45, 7) is 3.47. The number of amides is 1. The van der Waals surface area contributed by atoms with Crippen LogP contribution >= 0.6 is 0 Å². The lowest BCUT2D eigenvalue weighted by Gasteiger charge is -2.13. The Balaban J connectivity index is 1.92. The molecule has 0 aliphatic rings. The summed E-state index contributed by atoms with van der Waals surface area (Å²) in [4.78, 5) is 27.1. The van der Waals surface area contributed by atoms with Gasteiger partial charge in [-0.1, -0.05) is 12.1 Å². The summed E-state index contributed by atoms with van der Waals surface area (Å²) < 4.78 is 12.0. The van der Waals surface area contributed by atoms with Crippen LogP contribution in [-0.2, 0) is 4.74 Å². The molecule has 0 atom stereocenters. The molecule has 2 aromatic carbocycles. The maximum absolute atomic E-state index is 12.0. The lowest BCUT2D eigenvalue weighted by atomic mass is 10.2. The van der Waals surface area contributed by atoms with E-state index >= 15 is 0 Å². The molecule has 0 radical (unpaired) electrons. The maximum Gasteiger partial charge on any atom is 0.414 e. The van der Waals surface area contributed by atoms with Gasteiger partial charge in [0.05, 0.1) is 17.1 Å².